The first-order valence-electron chi connectivity index (χ1n) is 22.3. The van der Waals surface area contributed by atoms with Crippen LogP contribution in [-0.4, -0.2) is 14.5 Å². The van der Waals surface area contributed by atoms with E-state index in [4.69, 9.17) is 9.97 Å². The van der Waals surface area contributed by atoms with Crippen LogP contribution in [0.1, 0.15) is 25.0 Å². The molecule has 1 aliphatic rings. The molecular formula is C61H44N4. The van der Waals surface area contributed by atoms with Crippen molar-refractivity contribution < 1.29 is 0 Å². The minimum absolute atomic E-state index is 0.134. The van der Waals surface area contributed by atoms with Crippen LogP contribution in [0.2, 0.25) is 0 Å². The van der Waals surface area contributed by atoms with E-state index in [0.717, 1.165) is 72.6 Å². The predicted molar refractivity (Wildman–Crippen MR) is 270 cm³/mol. The lowest BCUT2D eigenvalue weighted by molar-refractivity contribution is 0.660. The third-order valence-electron chi connectivity index (χ3n) is 13.2. The Balaban J connectivity index is 1.07. The normalized spacial score (nSPS) is 12.6. The molecule has 12 rings (SSSR count). The van der Waals surface area contributed by atoms with Crippen molar-refractivity contribution in [2.75, 3.05) is 4.90 Å². The SMILES string of the molecule is CC1(C)c2ccccc2-c2c(N(c3ccc(-c4ccccc4)cc3)c3cccc(-c4ccc5c(c4)c4c(-c6ccccc6)nc(-c6ccccc6)nc4n5-c4ccccc4)c3)cccc21. The van der Waals surface area contributed by atoms with Crippen LogP contribution >= 0.6 is 0 Å². The van der Waals surface area contributed by atoms with E-state index in [1.165, 1.54) is 33.4 Å². The van der Waals surface area contributed by atoms with Crippen molar-refractivity contribution in [1.82, 2.24) is 14.5 Å². The molecule has 1 aliphatic carbocycles. The number of aromatic nitrogens is 3. The van der Waals surface area contributed by atoms with E-state index in [0.29, 0.717) is 5.82 Å². The Morgan fingerprint density at radius 3 is 1.74 bits per heavy atom. The molecule has 11 aromatic rings. The number of rotatable bonds is 8. The van der Waals surface area contributed by atoms with Crippen LogP contribution in [0.15, 0.2) is 231 Å². The van der Waals surface area contributed by atoms with E-state index in [9.17, 15) is 0 Å². The molecule has 0 unspecified atom stereocenters. The molecule has 2 heterocycles. The number of para-hydroxylation sites is 1. The minimum atomic E-state index is -0.134. The van der Waals surface area contributed by atoms with Crippen molar-refractivity contribution >= 4 is 39.0 Å². The van der Waals surface area contributed by atoms with Gasteiger partial charge in [0.05, 0.1) is 22.3 Å². The first-order valence-corrected chi connectivity index (χ1v) is 22.3. The van der Waals surface area contributed by atoms with E-state index < -0.39 is 0 Å². The highest BCUT2D eigenvalue weighted by Gasteiger charge is 2.37. The second kappa shape index (κ2) is 15.5. The van der Waals surface area contributed by atoms with E-state index in [1.807, 2.05) is 18.2 Å². The van der Waals surface area contributed by atoms with Crippen molar-refractivity contribution in [3.63, 3.8) is 0 Å². The molecule has 0 spiro atoms. The Hall–Kier alpha value is -8.34. The first-order chi connectivity index (χ1) is 32.0. The van der Waals surface area contributed by atoms with Gasteiger partial charge >= 0.3 is 0 Å². The molecule has 0 atom stereocenters. The molecule has 308 valence electrons. The predicted octanol–water partition coefficient (Wildman–Crippen LogP) is 16.0. The van der Waals surface area contributed by atoms with Gasteiger partial charge in [-0.05, 0) is 93.5 Å². The molecule has 0 fully saturated rings. The Kier molecular flexibility index (Phi) is 9.13. The van der Waals surface area contributed by atoms with Crippen LogP contribution in [0.5, 0.6) is 0 Å². The molecule has 65 heavy (non-hydrogen) atoms. The molecule has 0 amide bonds. The van der Waals surface area contributed by atoms with Crippen LogP contribution in [0.4, 0.5) is 17.1 Å². The summed E-state index contributed by atoms with van der Waals surface area (Å²) >= 11 is 0. The average Bonchev–Trinajstić information content (AvgIpc) is 3.83. The zero-order chi connectivity index (χ0) is 43.5. The Bertz CT molecular complexity index is 3540. The fraction of sp³-hybridized carbons (Fsp3) is 0.0492. The summed E-state index contributed by atoms with van der Waals surface area (Å²) in [5.74, 6) is 0.695. The molecule has 0 aliphatic heterocycles. The van der Waals surface area contributed by atoms with Gasteiger partial charge in [0.2, 0.25) is 0 Å². The van der Waals surface area contributed by atoms with Gasteiger partial charge in [-0.25, -0.2) is 9.97 Å². The van der Waals surface area contributed by atoms with Crippen LogP contribution in [0, 0.1) is 0 Å². The zero-order valence-electron chi connectivity index (χ0n) is 36.2. The molecule has 9 aromatic carbocycles. The van der Waals surface area contributed by atoms with Crippen molar-refractivity contribution in [3.05, 3.63) is 242 Å². The van der Waals surface area contributed by atoms with Gasteiger partial charge in [-0.15, -0.1) is 0 Å². The van der Waals surface area contributed by atoms with Gasteiger partial charge in [0.25, 0.3) is 0 Å². The standard InChI is InChI=1S/C61H44N4/c1-61(2)52-30-16-15-29-50(52)56-53(61)31-18-32-55(56)64(48-36-33-42(34-37-48)41-19-7-3-8-20-41)49-28-17-25-45(39-49)46-35-38-54-51(40-46)57-58(43-21-9-4-10-22-43)62-59(44-23-11-5-12-24-44)63-60(57)65(54)47-26-13-6-14-27-47/h3-40H,1-2H3. The highest BCUT2D eigenvalue weighted by Crippen LogP contribution is 2.54. The van der Waals surface area contributed by atoms with E-state index in [1.54, 1.807) is 0 Å². The fourth-order valence-electron chi connectivity index (χ4n) is 10.1. The summed E-state index contributed by atoms with van der Waals surface area (Å²) in [7, 11) is 0. The van der Waals surface area contributed by atoms with Gasteiger partial charge in [0, 0.05) is 44.6 Å². The maximum atomic E-state index is 5.38. The number of hydrogen-bond acceptors (Lipinski definition) is 3. The summed E-state index contributed by atoms with van der Waals surface area (Å²) in [6.07, 6.45) is 0. The summed E-state index contributed by atoms with van der Waals surface area (Å²) in [4.78, 5) is 13.2. The molecule has 0 bridgehead atoms. The fourth-order valence-corrected chi connectivity index (χ4v) is 10.1. The van der Waals surface area contributed by atoms with E-state index in [-0.39, 0.29) is 5.41 Å². The van der Waals surface area contributed by atoms with Gasteiger partial charge in [0.1, 0.15) is 5.65 Å². The van der Waals surface area contributed by atoms with Gasteiger partial charge in [-0.3, -0.25) is 4.57 Å². The molecule has 0 radical (unpaired) electrons. The topological polar surface area (TPSA) is 34.0 Å². The lowest BCUT2D eigenvalue weighted by atomic mass is 9.82. The quantitative estimate of drug-likeness (QED) is 0.153. The van der Waals surface area contributed by atoms with Gasteiger partial charge in [0.15, 0.2) is 5.82 Å². The van der Waals surface area contributed by atoms with Crippen molar-refractivity contribution in [3.8, 4) is 61.7 Å². The molecule has 0 saturated carbocycles. The molecule has 0 N–H and O–H groups in total. The zero-order valence-corrected chi connectivity index (χ0v) is 36.2. The first kappa shape index (κ1) is 38.3. The lowest BCUT2D eigenvalue weighted by Gasteiger charge is -2.29. The second-order valence-electron chi connectivity index (χ2n) is 17.4. The monoisotopic (exact) mass is 832 g/mol. The summed E-state index contributed by atoms with van der Waals surface area (Å²) < 4.78 is 2.29. The summed E-state index contributed by atoms with van der Waals surface area (Å²) in [6, 6.07) is 82.6. The van der Waals surface area contributed by atoms with Crippen LogP contribution in [-0.2, 0) is 5.41 Å². The maximum absolute atomic E-state index is 5.38. The summed E-state index contributed by atoms with van der Waals surface area (Å²) in [5, 5.41) is 2.12. The van der Waals surface area contributed by atoms with Crippen molar-refractivity contribution in [1.29, 1.82) is 0 Å². The van der Waals surface area contributed by atoms with Crippen molar-refractivity contribution in [2.24, 2.45) is 0 Å². The highest BCUT2D eigenvalue weighted by atomic mass is 15.1. The highest BCUT2D eigenvalue weighted by molar-refractivity contribution is 6.15. The number of fused-ring (bicyclic) bond motifs is 6. The van der Waals surface area contributed by atoms with E-state index >= 15 is 0 Å². The third kappa shape index (κ3) is 6.45. The summed E-state index contributed by atoms with van der Waals surface area (Å²) in [5.41, 5.74) is 19.0. The minimum Gasteiger partial charge on any atom is -0.310 e. The maximum Gasteiger partial charge on any atom is 0.162 e. The molecular weight excluding hydrogens is 789 g/mol. The number of hydrogen-bond donors (Lipinski definition) is 0. The molecule has 0 saturated heterocycles. The smallest absolute Gasteiger partial charge is 0.162 e. The Labute approximate surface area is 379 Å². The van der Waals surface area contributed by atoms with Gasteiger partial charge < -0.3 is 4.90 Å². The van der Waals surface area contributed by atoms with Crippen LogP contribution < -0.4 is 4.90 Å². The largest absolute Gasteiger partial charge is 0.310 e. The lowest BCUT2D eigenvalue weighted by Crippen LogP contribution is -2.16. The van der Waals surface area contributed by atoms with Crippen molar-refractivity contribution in [2.45, 2.75) is 19.3 Å². The van der Waals surface area contributed by atoms with Gasteiger partial charge in [-0.1, -0.05) is 190 Å². The Morgan fingerprint density at radius 1 is 0.431 bits per heavy atom. The third-order valence-corrected chi connectivity index (χ3v) is 13.2. The number of anilines is 3. The van der Waals surface area contributed by atoms with Crippen LogP contribution in [0.25, 0.3) is 83.6 Å². The number of nitrogens with zero attached hydrogens (tertiary/aromatic N) is 4. The molecule has 2 aromatic heterocycles. The van der Waals surface area contributed by atoms with Gasteiger partial charge in [-0.2, -0.15) is 0 Å². The Morgan fingerprint density at radius 2 is 1.00 bits per heavy atom. The van der Waals surface area contributed by atoms with E-state index in [2.05, 4.69) is 236 Å². The summed E-state index contributed by atoms with van der Waals surface area (Å²) in [6.45, 7) is 4.70. The number of benzene rings is 9. The van der Waals surface area contributed by atoms with Crippen LogP contribution in [0.3, 0.4) is 0 Å². The second-order valence-corrected chi connectivity index (χ2v) is 17.4. The molecule has 4 heteroatoms. The molecule has 4 nitrogen and oxygen atoms in total. The average molecular weight is 833 g/mol.